The second-order valence-electron chi connectivity index (χ2n) is 4.65. The number of hydrogen-bond acceptors (Lipinski definition) is 3. The normalized spacial score (nSPS) is 21.0. The van der Waals surface area contributed by atoms with Crippen molar-refractivity contribution in [3.05, 3.63) is 28.7 Å². The summed E-state index contributed by atoms with van der Waals surface area (Å²) in [5, 5.41) is 0. The highest BCUT2D eigenvalue weighted by molar-refractivity contribution is 9.10. The molecule has 0 unspecified atom stereocenters. The molecule has 1 fully saturated rings. The molecule has 1 aromatic carbocycles. The van der Waals surface area contributed by atoms with Crippen molar-refractivity contribution >= 4 is 21.8 Å². The molecule has 2 rings (SSSR count). The maximum atomic E-state index is 12.4. The quantitative estimate of drug-likeness (QED) is 0.856. The minimum absolute atomic E-state index is 0.00607. The Morgan fingerprint density at radius 1 is 1.53 bits per heavy atom. The highest BCUT2D eigenvalue weighted by Gasteiger charge is 2.28. The maximum Gasteiger partial charge on any atom is 0.263 e. The first kappa shape index (κ1) is 14.3. The first-order valence-corrected chi connectivity index (χ1v) is 7.18. The van der Waals surface area contributed by atoms with Gasteiger partial charge in [-0.15, -0.1) is 0 Å². The Hall–Kier alpha value is -1.07. The minimum atomic E-state index is -0.501. The van der Waals surface area contributed by atoms with Crippen LogP contribution in [-0.4, -0.2) is 42.7 Å². The number of amides is 1. The van der Waals surface area contributed by atoms with Crippen LogP contribution < -0.4 is 4.74 Å². The van der Waals surface area contributed by atoms with Crippen LogP contribution in [0.2, 0.25) is 0 Å². The van der Waals surface area contributed by atoms with Crippen LogP contribution in [-0.2, 0) is 9.53 Å². The van der Waals surface area contributed by atoms with Crippen molar-refractivity contribution in [3.63, 3.8) is 0 Å². The number of halogens is 1. The lowest BCUT2D eigenvalue weighted by molar-refractivity contribution is -0.145. The number of para-hydroxylation sites is 1. The van der Waals surface area contributed by atoms with Crippen molar-refractivity contribution in [3.8, 4) is 5.75 Å². The molecule has 0 saturated carbocycles. The lowest BCUT2D eigenvalue weighted by Crippen LogP contribution is -2.51. The van der Waals surface area contributed by atoms with Crippen molar-refractivity contribution < 1.29 is 14.3 Å². The fourth-order valence-electron chi connectivity index (χ4n) is 2.07. The van der Waals surface area contributed by atoms with Crippen molar-refractivity contribution in [2.45, 2.75) is 26.0 Å². The molecule has 0 bridgehead atoms. The minimum Gasteiger partial charge on any atom is -0.480 e. The van der Waals surface area contributed by atoms with Crippen LogP contribution in [0.4, 0.5) is 0 Å². The maximum absolute atomic E-state index is 12.4. The number of carbonyl (C=O) groups excluding carboxylic acids is 1. The van der Waals surface area contributed by atoms with E-state index in [4.69, 9.17) is 9.47 Å². The summed E-state index contributed by atoms with van der Waals surface area (Å²) in [6.45, 7) is 5.58. The first-order valence-electron chi connectivity index (χ1n) is 6.39. The van der Waals surface area contributed by atoms with Gasteiger partial charge >= 0.3 is 0 Å². The van der Waals surface area contributed by atoms with Gasteiger partial charge < -0.3 is 14.4 Å². The number of hydrogen-bond donors (Lipinski definition) is 0. The Labute approximate surface area is 121 Å². The summed E-state index contributed by atoms with van der Waals surface area (Å²) in [5.41, 5.74) is 0. The van der Waals surface area contributed by atoms with E-state index in [0.29, 0.717) is 25.5 Å². The van der Waals surface area contributed by atoms with Gasteiger partial charge in [0.05, 0.1) is 23.7 Å². The monoisotopic (exact) mass is 327 g/mol. The van der Waals surface area contributed by atoms with Crippen LogP contribution in [0, 0.1) is 0 Å². The third-order valence-electron chi connectivity index (χ3n) is 3.14. The van der Waals surface area contributed by atoms with Gasteiger partial charge in [0.25, 0.3) is 5.91 Å². The predicted molar refractivity (Wildman–Crippen MR) is 76.2 cm³/mol. The molecule has 2 atom stereocenters. The number of benzene rings is 1. The van der Waals surface area contributed by atoms with Crippen LogP contribution in [0.5, 0.6) is 5.75 Å². The number of carbonyl (C=O) groups is 1. The summed E-state index contributed by atoms with van der Waals surface area (Å²) in [7, 11) is 0. The van der Waals surface area contributed by atoms with E-state index >= 15 is 0 Å². The molecule has 1 aromatic rings. The van der Waals surface area contributed by atoms with Crippen molar-refractivity contribution in [1.82, 2.24) is 4.90 Å². The van der Waals surface area contributed by atoms with Crippen molar-refractivity contribution in [1.29, 1.82) is 0 Å². The molecular formula is C14H18BrNO3. The molecule has 1 saturated heterocycles. The van der Waals surface area contributed by atoms with Gasteiger partial charge in [-0.05, 0) is 41.9 Å². The zero-order valence-corrected chi connectivity index (χ0v) is 12.7. The van der Waals surface area contributed by atoms with Crippen LogP contribution in [0.1, 0.15) is 13.8 Å². The summed E-state index contributed by atoms with van der Waals surface area (Å²) in [6, 6.07) is 7.63. The molecule has 1 amide bonds. The van der Waals surface area contributed by atoms with Gasteiger partial charge in [-0.3, -0.25) is 4.79 Å². The van der Waals surface area contributed by atoms with E-state index in [9.17, 15) is 4.79 Å². The van der Waals surface area contributed by atoms with Gasteiger partial charge in [-0.1, -0.05) is 12.1 Å². The van der Waals surface area contributed by atoms with E-state index in [-0.39, 0.29) is 11.9 Å². The van der Waals surface area contributed by atoms with E-state index < -0.39 is 6.10 Å². The van der Waals surface area contributed by atoms with Crippen molar-refractivity contribution in [2.75, 3.05) is 19.8 Å². The second kappa shape index (κ2) is 6.39. The van der Waals surface area contributed by atoms with Gasteiger partial charge in [0.15, 0.2) is 6.10 Å². The molecule has 19 heavy (non-hydrogen) atoms. The lowest BCUT2D eigenvalue weighted by atomic mass is 10.2. The molecule has 1 heterocycles. The molecule has 104 valence electrons. The summed E-state index contributed by atoms with van der Waals surface area (Å²) >= 11 is 3.41. The van der Waals surface area contributed by atoms with Gasteiger partial charge in [0.1, 0.15) is 5.75 Å². The Bertz CT molecular complexity index is 452. The SMILES string of the molecule is C[C@H](Oc1ccccc1Br)C(=O)N1CCOC[C@@H]1C. The zero-order valence-electron chi connectivity index (χ0n) is 11.1. The Morgan fingerprint density at radius 2 is 2.26 bits per heavy atom. The number of rotatable bonds is 3. The van der Waals surface area contributed by atoms with Crippen LogP contribution in [0.25, 0.3) is 0 Å². The van der Waals surface area contributed by atoms with E-state index in [1.54, 1.807) is 6.92 Å². The predicted octanol–water partition coefficient (Wildman–Crippen LogP) is 2.46. The lowest BCUT2D eigenvalue weighted by Gasteiger charge is -2.35. The number of nitrogens with zero attached hydrogens (tertiary/aromatic N) is 1. The summed E-state index contributed by atoms with van der Waals surface area (Å²) < 4.78 is 11.9. The highest BCUT2D eigenvalue weighted by atomic mass is 79.9. The molecule has 4 nitrogen and oxygen atoms in total. The first-order chi connectivity index (χ1) is 9.09. The summed E-state index contributed by atoms with van der Waals surface area (Å²) in [4.78, 5) is 14.2. The molecule has 0 spiro atoms. The average Bonchev–Trinajstić information content (AvgIpc) is 2.41. The number of morpholine rings is 1. The summed E-state index contributed by atoms with van der Waals surface area (Å²) in [6.07, 6.45) is -0.501. The largest absolute Gasteiger partial charge is 0.480 e. The fraction of sp³-hybridized carbons (Fsp3) is 0.500. The Morgan fingerprint density at radius 3 is 2.95 bits per heavy atom. The molecule has 1 aliphatic heterocycles. The topological polar surface area (TPSA) is 38.8 Å². The fourth-order valence-corrected chi connectivity index (χ4v) is 2.45. The molecular weight excluding hydrogens is 310 g/mol. The molecule has 0 aromatic heterocycles. The molecule has 0 radical (unpaired) electrons. The average molecular weight is 328 g/mol. The van der Waals surface area contributed by atoms with E-state index in [1.165, 1.54) is 0 Å². The third kappa shape index (κ3) is 3.48. The van der Waals surface area contributed by atoms with E-state index in [0.717, 1.165) is 4.47 Å². The second-order valence-corrected chi connectivity index (χ2v) is 5.50. The Kier molecular flexibility index (Phi) is 4.82. The zero-order chi connectivity index (χ0) is 13.8. The molecule has 0 N–H and O–H groups in total. The van der Waals surface area contributed by atoms with Crippen LogP contribution in [0.15, 0.2) is 28.7 Å². The molecule has 0 aliphatic carbocycles. The van der Waals surface area contributed by atoms with Crippen molar-refractivity contribution in [2.24, 2.45) is 0 Å². The van der Waals surface area contributed by atoms with Gasteiger partial charge in [0, 0.05) is 6.54 Å². The van der Waals surface area contributed by atoms with Gasteiger partial charge in [-0.2, -0.15) is 0 Å². The van der Waals surface area contributed by atoms with Gasteiger partial charge in [-0.25, -0.2) is 0 Å². The standard InChI is InChI=1S/C14H18BrNO3/c1-10-9-18-8-7-16(10)14(17)11(2)19-13-6-4-3-5-12(13)15/h3-6,10-11H,7-9H2,1-2H3/t10-,11-/m0/s1. The summed E-state index contributed by atoms with van der Waals surface area (Å²) in [5.74, 6) is 0.691. The third-order valence-corrected chi connectivity index (χ3v) is 3.79. The van der Waals surface area contributed by atoms with E-state index in [2.05, 4.69) is 15.9 Å². The van der Waals surface area contributed by atoms with E-state index in [1.807, 2.05) is 36.1 Å². The van der Waals surface area contributed by atoms with Gasteiger partial charge in [0.2, 0.25) is 0 Å². The molecule has 5 heteroatoms. The smallest absolute Gasteiger partial charge is 0.263 e. The van der Waals surface area contributed by atoms with Crippen LogP contribution in [0.3, 0.4) is 0 Å². The molecule has 1 aliphatic rings. The number of ether oxygens (including phenoxy) is 2. The van der Waals surface area contributed by atoms with Crippen LogP contribution >= 0.6 is 15.9 Å². The Balaban J connectivity index is 2.01. The highest BCUT2D eigenvalue weighted by Crippen LogP contribution is 2.25.